The number of aryl methyl sites for hydroxylation is 2. The van der Waals surface area contributed by atoms with Gasteiger partial charge >= 0.3 is 0 Å². The molecule has 0 N–H and O–H groups in total. The van der Waals surface area contributed by atoms with Crippen LogP contribution in [0.25, 0.3) is 23.6 Å². The standard InChI is InChI=1S/C18H16N2O/c1-13-3-5-15(6-4-13)7-8-16-9-11-17(12-10-16)18-20-19-14(2)21-18/h3-12H,1-2H3. The van der Waals surface area contributed by atoms with Crippen molar-refractivity contribution in [1.29, 1.82) is 0 Å². The van der Waals surface area contributed by atoms with E-state index in [1.165, 1.54) is 11.1 Å². The lowest BCUT2D eigenvalue weighted by atomic mass is 10.1. The normalized spacial score (nSPS) is 11.1. The van der Waals surface area contributed by atoms with Crippen molar-refractivity contribution < 1.29 is 4.42 Å². The quantitative estimate of drug-likeness (QED) is 0.660. The summed E-state index contributed by atoms with van der Waals surface area (Å²) in [6, 6.07) is 16.5. The van der Waals surface area contributed by atoms with Gasteiger partial charge in [0.25, 0.3) is 0 Å². The Hall–Kier alpha value is -2.68. The Morgan fingerprint density at radius 1 is 0.762 bits per heavy atom. The Labute approximate surface area is 124 Å². The van der Waals surface area contributed by atoms with Crippen LogP contribution in [0.1, 0.15) is 22.6 Å². The summed E-state index contributed by atoms with van der Waals surface area (Å²) >= 11 is 0. The zero-order chi connectivity index (χ0) is 14.7. The van der Waals surface area contributed by atoms with Gasteiger partial charge in [0.2, 0.25) is 11.8 Å². The van der Waals surface area contributed by atoms with Crippen LogP contribution < -0.4 is 0 Å². The van der Waals surface area contributed by atoms with Gasteiger partial charge in [-0.25, -0.2) is 0 Å². The SMILES string of the molecule is Cc1ccc(C=Cc2ccc(-c3nnc(C)o3)cc2)cc1. The highest BCUT2D eigenvalue weighted by molar-refractivity contribution is 5.70. The first-order valence-electron chi connectivity index (χ1n) is 6.86. The molecule has 0 amide bonds. The maximum Gasteiger partial charge on any atom is 0.247 e. The molecule has 2 aromatic carbocycles. The molecule has 0 aliphatic heterocycles. The molecule has 3 rings (SSSR count). The molecule has 0 saturated carbocycles. The van der Waals surface area contributed by atoms with E-state index in [0.29, 0.717) is 11.8 Å². The first kappa shape index (κ1) is 13.3. The average Bonchev–Trinajstić information content (AvgIpc) is 2.94. The van der Waals surface area contributed by atoms with Gasteiger partial charge in [0.05, 0.1) is 0 Å². The summed E-state index contributed by atoms with van der Waals surface area (Å²) < 4.78 is 5.41. The monoisotopic (exact) mass is 276 g/mol. The predicted octanol–water partition coefficient (Wildman–Crippen LogP) is 4.52. The fourth-order valence-electron chi connectivity index (χ4n) is 2.02. The Kier molecular flexibility index (Phi) is 3.65. The summed E-state index contributed by atoms with van der Waals surface area (Å²) in [7, 11) is 0. The van der Waals surface area contributed by atoms with Crippen LogP contribution in [0.2, 0.25) is 0 Å². The van der Waals surface area contributed by atoms with E-state index in [4.69, 9.17) is 4.42 Å². The molecule has 3 nitrogen and oxygen atoms in total. The minimum Gasteiger partial charge on any atom is -0.421 e. The van der Waals surface area contributed by atoms with E-state index in [1.54, 1.807) is 6.92 Å². The van der Waals surface area contributed by atoms with E-state index in [-0.39, 0.29) is 0 Å². The molecule has 0 saturated heterocycles. The fourth-order valence-corrected chi connectivity index (χ4v) is 2.02. The van der Waals surface area contributed by atoms with Crippen LogP contribution in [-0.2, 0) is 0 Å². The summed E-state index contributed by atoms with van der Waals surface area (Å²) in [4.78, 5) is 0. The number of nitrogens with zero attached hydrogens (tertiary/aromatic N) is 2. The maximum absolute atomic E-state index is 5.41. The number of rotatable bonds is 3. The smallest absolute Gasteiger partial charge is 0.247 e. The first-order valence-corrected chi connectivity index (χ1v) is 6.86. The van der Waals surface area contributed by atoms with Crippen molar-refractivity contribution in [2.75, 3.05) is 0 Å². The zero-order valence-electron chi connectivity index (χ0n) is 12.1. The van der Waals surface area contributed by atoms with Crippen LogP contribution in [0.15, 0.2) is 52.9 Å². The third-order valence-electron chi connectivity index (χ3n) is 3.23. The highest BCUT2D eigenvalue weighted by atomic mass is 16.4. The molecule has 0 unspecified atom stereocenters. The maximum atomic E-state index is 5.41. The molecule has 21 heavy (non-hydrogen) atoms. The molecule has 0 bridgehead atoms. The van der Waals surface area contributed by atoms with Gasteiger partial charge < -0.3 is 4.42 Å². The van der Waals surface area contributed by atoms with Crippen LogP contribution in [0.3, 0.4) is 0 Å². The highest BCUT2D eigenvalue weighted by Gasteiger charge is 2.04. The molecule has 0 aliphatic rings. The molecule has 0 spiro atoms. The summed E-state index contributed by atoms with van der Waals surface area (Å²) in [5.41, 5.74) is 4.53. The van der Waals surface area contributed by atoms with Gasteiger partial charge in [-0.05, 0) is 30.2 Å². The summed E-state index contributed by atoms with van der Waals surface area (Å²) in [6.07, 6.45) is 4.19. The van der Waals surface area contributed by atoms with Crippen molar-refractivity contribution in [3.05, 3.63) is 71.1 Å². The average molecular weight is 276 g/mol. The molecule has 1 heterocycles. The predicted molar refractivity (Wildman–Crippen MR) is 84.6 cm³/mol. The summed E-state index contributed by atoms with van der Waals surface area (Å²) in [5, 5.41) is 7.85. The van der Waals surface area contributed by atoms with Gasteiger partial charge in [-0.3, -0.25) is 0 Å². The van der Waals surface area contributed by atoms with Gasteiger partial charge in [0, 0.05) is 12.5 Å². The van der Waals surface area contributed by atoms with Crippen molar-refractivity contribution in [2.24, 2.45) is 0 Å². The molecule has 3 heteroatoms. The molecule has 0 aliphatic carbocycles. The first-order chi connectivity index (χ1) is 10.2. The van der Waals surface area contributed by atoms with Crippen LogP contribution >= 0.6 is 0 Å². The summed E-state index contributed by atoms with van der Waals surface area (Å²) in [5.74, 6) is 1.13. The van der Waals surface area contributed by atoms with Crippen molar-refractivity contribution in [2.45, 2.75) is 13.8 Å². The topological polar surface area (TPSA) is 38.9 Å². The van der Waals surface area contributed by atoms with E-state index in [2.05, 4.69) is 53.5 Å². The van der Waals surface area contributed by atoms with Gasteiger partial charge in [-0.15, -0.1) is 10.2 Å². The van der Waals surface area contributed by atoms with E-state index in [1.807, 2.05) is 24.3 Å². The summed E-state index contributed by atoms with van der Waals surface area (Å²) in [6.45, 7) is 3.88. The Morgan fingerprint density at radius 2 is 1.33 bits per heavy atom. The lowest BCUT2D eigenvalue weighted by Gasteiger charge is -1.98. The second kappa shape index (κ2) is 5.75. The molecule has 1 aromatic heterocycles. The van der Waals surface area contributed by atoms with Crippen LogP contribution in [0.5, 0.6) is 0 Å². The molecule has 3 aromatic rings. The lowest BCUT2D eigenvalue weighted by Crippen LogP contribution is -1.79. The van der Waals surface area contributed by atoms with E-state index < -0.39 is 0 Å². The van der Waals surface area contributed by atoms with Gasteiger partial charge in [-0.2, -0.15) is 0 Å². The Balaban J connectivity index is 1.76. The lowest BCUT2D eigenvalue weighted by molar-refractivity contribution is 0.533. The largest absolute Gasteiger partial charge is 0.421 e. The van der Waals surface area contributed by atoms with Crippen molar-refractivity contribution in [1.82, 2.24) is 10.2 Å². The number of benzene rings is 2. The van der Waals surface area contributed by atoms with Crippen LogP contribution in [0, 0.1) is 13.8 Å². The second-order valence-corrected chi connectivity index (χ2v) is 4.99. The molecule has 0 atom stereocenters. The minimum absolute atomic E-state index is 0.557. The minimum atomic E-state index is 0.557. The van der Waals surface area contributed by atoms with Crippen LogP contribution in [-0.4, -0.2) is 10.2 Å². The van der Waals surface area contributed by atoms with E-state index in [9.17, 15) is 0 Å². The third-order valence-corrected chi connectivity index (χ3v) is 3.23. The Morgan fingerprint density at radius 3 is 1.86 bits per heavy atom. The highest BCUT2D eigenvalue weighted by Crippen LogP contribution is 2.19. The second-order valence-electron chi connectivity index (χ2n) is 4.99. The van der Waals surface area contributed by atoms with Crippen molar-refractivity contribution >= 4 is 12.2 Å². The molecular formula is C18H16N2O. The Bertz CT molecular complexity index is 753. The molecule has 104 valence electrons. The zero-order valence-corrected chi connectivity index (χ0v) is 12.1. The molecule has 0 radical (unpaired) electrons. The number of aromatic nitrogens is 2. The van der Waals surface area contributed by atoms with E-state index >= 15 is 0 Å². The number of hydrogen-bond acceptors (Lipinski definition) is 3. The van der Waals surface area contributed by atoms with Crippen molar-refractivity contribution in [3.63, 3.8) is 0 Å². The van der Waals surface area contributed by atoms with Gasteiger partial charge in [0.1, 0.15) is 0 Å². The molecule has 0 fully saturated rings. The fraction of sp³-hybridized carbons (Fsp3) is 0.111. The van der Waals surface area contributed by atoms with Crippen LogP contribution in [0.4, 0.5) is 0 Å². The van der Waals surface area contributed by atoms with Crippen molar-refractivity contribution in [3.8, 4) is 11.5 Å². The third kappa shape index (κ3) is 3.26. The van der Waals surface area contributed by atoms with Gasteiger partial charge in [-0.1, -0.05) is 54.1 Å². The molecular weight excluding hydrogens is 260 g/mol. The number of hydrogen-bond donors (Lipinski definition) is 0. The van der Waals surface area contributed by atoms with Gasteiger partial charge in [0.15, 0.2) is 0 Å². The van der Waals surface area contributed by atoms with E-state index in [0.717, 1.165) is 11.1 Å².